The second-order valence-electron chi connectivity index (χ2n) is 8.97. The summed E-state index contributed by atoms with van der Waals surface area (Å²) >= 11 is 0. The van der Waals surface area contributed by atoms with E-state index in [2.05, 4.69) is 10.4 Å². The minimum Gasteiger partial charge on any atom is -0.383 e. The molecule has 4 rings (SSSR count). The van der Waals surface area contributed by atoms with Gasteiger partial charge in [0.05, 0.1) is 12.6 Å². The minimum atomic E-state index is -0.641. The largest absolute Gasteiger partial charge is 0.383 e. The van der Waals surface area contributed by atoms with Gasteiger partial charge in [-0.2, -0.15) is 5.10 Å². The van der Waals surface area contributed by atoms with Crippen molar-refractivity contribution in [2.24, 2.45) is 11.7 Å². The number of primary amides is 1. The van der Waals surface area contributed by atoms with Gasteiger partial charge in [-0.15, -0.1) is 0 Å². The number of halogens is 1. The fourth-order valence-corrected chi connectivity index (χ4v) is 4.45. The van der Waals surface area contributed by atoms with Gasteiger partial charge < -0.3 is 21.5 Å². The zero-order chi connectivity index (χ0) is 25.1. The van der Waals surface area contributed by atoms with Gasteiger partial charge in [0.25, 0.3) is 11.8 Å². The normalized spacial score (nSPS) is 16.6. The van der Waals surface area contributed by atoms with E-state index in [0.717, 1.165) is 25.0 Å². The molecular formula is C26H30FN5O3. The lowest BCUT2D eigenvalue weighted by atomic mass is 9.95. The number of nitrogens with one attached hydrogen (secondary N) is 1. The summed E-state index contributed by atoms with van der Waals surface area (Å²) in [7, 11) is 0. The third kappa shape index (κ3) is 5.19. The van der Waals surface area contributed by atoms with Gasteiger partial charge in [0, 0.05) is 30.2 Å². The summed E-state index contributed by atoms with van der Waals surface area (Å²) in [4.78, 5) is 24.7. The van der Waals surface area contributed by atoms with Crippen LogP contribution in [0.15, 0.2) is 42.5 Å². The van der Waals surface area contributed by atoms with Crippen molar-refractivity contribution < 1.29 is 18.7 Å². The molecule has 8 nitrogen and oxygen atoms in total. The van der Waals surface area contributed by atoms with Gasteiger partial charge >= 0.3 is 0 Å². The first kappa shape index (κ1) is 24.4. The Bertz CT molecular complexity index is 1230. The van der Waals surface area contributed by atoms with Crippen LogP contribution in [-0.4, -0.2) is 34.8 Å². The maximum Gasteiger partial charge on any atom is 0.254 e. The van der Waals surface area contributed by atoms with Crippen LogP contribution in [0, 0.1) is 18.7 Å². The van der Waals surface area contributed by atoms with Gasteiger partial charge in [-0.05, 0) is 49.9 Å². The summed E-state index contributed by atoms with van der Waals surface area (Å²) in [6.45, 7) is 5.41. The molecule has 0 aliphatic carbocycles. The average Bonchev–Trinajstić information content (AvgIpc) is 3.21. The van der Waals surface area contributed by atoms with Gasteiger partial charge in [-0.1, -0.05) is 30.3 Å². The number of carbonyl (C=O) groups is 2. The smallest absolute Gasteiger partial charge is 0.254 e. The van der Waals surface area contributed by atoms with Crippen LogP contribution in [0.25, 0.3) is 11.3 Å². The summed E-state index contributed by atoms with van der Waals surface area (Å²) in [5.41, 5.74) is 15.1. The molecule has 0 bridgehead atoms. The number of aryl methyl sites for hydroxylation is 1. The highest BCUT2D eigenvalue weighted by molar-refractivity contribution is 6.03. The molecule has 0 radical (unpaired) electrons. The Morgan fingerprint density at radius 1 is 1.26 bits per heavy atom. The van der Waals surface area contributed by atoms with Crippen LogP contribution in [0.5, 0.6) is 0 Å². The Labute approximate surface area is 203 Å². The molecule has 1 aliphatic heterocycles. The highest BCUT2D eigenvalue weighted by atomic mass is 19.1. The molecule has 2 amide bonds. The number of carbonyl (C=O) groups excluding carboxylic acids is 2. The number of ether oxygens (including phenoxy) is 1. The fraction of sp³-hybridized carbons (Fsp3) is 0.346. The summed E-state index contributed by atoms with van der Waals surface area (Å²) in [6, 6.07) is 11.3. The van der Waals surface area contributed by atoms with Crippen molar-refractivity contribution in [2.75, 3.05) is 18.9 Å². The summed E-state index contributed by atoms with van der Waals surface area (Å²) < 4.78 is 20.8. The number of nitrogen functional groups attached to an aromatic ring is 1. The first-order valence-corrected chi connectivity index (χ1v) is 11.7. The molecule has 2 aromatic carbocycles. The van der Waals surface area contributed by atoms with Crippen molar-refractivity contribution in [3.63, 3.8) is 0 Å². The summed E-state index contributed by atoms with van der Waals surface area (Å²) in [5.74, 6) is -0.967. The predicted octanol–water partition coefficient (Wildman–Crippen LogP) is 3.60. The molecule has 2 unspecified atom stereocenters. The van der Waals surface area contributed by atoms with E-state index in [1.807, 2.05) is 31.2 Å². The van der Waals surface area contributed by atoms with E-state index in [4.69, 9.17) is 16.2 Å². The van der Waals surface area contributed by atoms with Gasteiger partial charge in [-0.3, -0.25) is 9.59 Å². The Kier molecular flexibility index (Phi) is 7.16. The van der Waals surface area contributed by atoms with Crippen LogP contribution in [0.3, 0.4) is 0 Å². The van der Waals surface area contributed by atoms with Crippen molar-refractivity contribution in [3.05, 3.63) is 70.5 Å². The van der Waals surface area contributed by atoms with Crippen molar-refractivity contribution in [1.82, 2.24) is 15.1 Å². The molecule has 3 aromatic rings. The molecule has 5 N–H and O–H groups in total. The number of rotatable bonds is 7. The molecule has 2 atom stereocenters. The van der Waals surface area contributed by atoms with Crippen LogP contribution in [-0.2, 0) is 11.3 Å². The van der Waals surface area contributed by atoms with E-state index < -0.39 is 11.7 Å². The standard InChI is InChI=1S/C26H30FN5O3/c1-15-5-10-20(27)12-21(15)26(34)30-13-17-6-8-18(9-7-17)23-22(25(29)33)24(28)32(31-23)16(2)19-4-3-11-35-14-19/h5-10,12,16,19H,3-4,11,13-14,28H2,1-2H3,(H2,29,33)(H,30,34). The number of hydrogen-bond donors (Lipinski definition) is 3. The molecule has 35 heavy (non-hydrogen) atoms. The zero-order valence-electron chi connectivity index (χ0n) is 19.9. The first-order valence-electron chi connectivity index (χ1n) is 11.7. The minimum absolute atomic E-state index is 0.0529. The molecule has 2 heterocycles. The second kappa shape index (κ2) is 10.3. The summed E-state index contributed by atoms with van der Waals surface area (Å²) in [5, 5.41) is 7.47. The molecule has 1 aromatic heterocycles. The van der Waals surface area contributed by atoms with E-state index in [0.29, 0.717) is 29.0 Å². The Morgan fingerprint density at radius 3 is 2.66 bits per heavy atom. The maximum atomic E-state index is 13.5. The van der Waals surface area contributed by atoms with E-state index in [1.54, 1.807) is 17.7 Å². The number of aromatic nitrogens is 2. The Balaban J connectivity index is 1.52. The lowest BCUT2D eigenvalue weighted by molar-refractivity contribution is 0.0347. The van der Waals surface area contributed by atoms with E-state index in [-0.39, 0.29) is 35.8 Å². The second-order valence-corrected chi connectivity index (χ2v) is 8.97. The van der Waals surface area contributed by atoms with Crippen molar-refractivity contribution in [3.8, 4) is 11.3 Å². The summed E-state index contributed by atoms with van der Waals surface area (Å²) in [6.07, 6.45) is 1.97. The Hall–Kier alpha value is -3.72. The number of nitrogens with two attached hydrogens (primary N) is 2. The van der Waals surface area contributed by atoms with Gasteiger partial charge in [0.2, 0.25) is 0 Å². The molecule has 0 saturated carbocycles. The van der Waals surface area contributed by atoms with E-state index in [9.17, 15) is 14.0 Å². The van der Waals surface area contributed by atoms with Crippen LogP contribution >= 0.6 is 0 Å². The van der Waals surface area contributed by atoms with Crippen molar-refractivity contribution >= 4 is 17.6 Å². The number of benzene rings is 2. The average molecular weight is 480 g/mol. The quantitative estimate of drug-likeness (QED) is 0.477. The van der Waals surface area contributed by atoms with Gasteiger partial charge in [0.15, 0.2) is 0 Å². The van der Waals surface area contributed by atoms with Crippen LogP contribution in [0.1, 0.15) is 57.7 Å². The third-order valence-corrected chi connectivity index (χ3v) is 6.58. The lowest BCUT2D eigenvalue weighted by Crippen LogP contribution is -2.27. The SMILES string of the molecule is Cc1ccc(F)cc1C(=O)NCc1ccc(-c2nn(C(C)C3CCCOC3)c(N)c2C(N)=O)cc1. The van der Waals surface area contributed by atoms with Gasteiger partial charge in [-0.25, -0.2) is 9.07 Å². The first-order chi connectivity index (χ1) is 16.8. The van der Waals surface area contributed by atoms with Crippen LogP contribution in [0.2, 0.25) is 0 Å². The van der Waals surface area contributed by atoms with Crippen molar-refractivity contribution in [2.45, 2.75) is 39.3 Å². The molecular weight excluding hydrogens is 449 g/mol. The topological polar surface area (TPSA) is 125 Å². The third-order valence-electron chi connectivity index (χ3n) is 6.58. The molecule has 1 fully saturated rings. The number of amides is 2. The molecule has 184 valence electrons. The van der Waals surface area contributed by atoms with E-state index in [1.165, 1.54) is 12.1 Å². The lowest BCUT2D eigenvalue weighted by Gasteiger charge is -2.28. The number of anilines is 1. The van der Waals surface area contributed by atoms with Crippen LogP contribution in [0.4, 0.5) is 10.2 Å². The van der Waals surface area contributed by atoms with Crippen molar-refractivity contribution in [1.29, 1.82) is 0 Å². The molecule has 0 spiro atoms. The van der Waals surface area contributed by atoms with Crippen LogP contribution < -0.4 is 16.8 Å². The molecule has 1 aliphatic rings. The predicted molar refractivity (Wildman–Crippen MR) is 131 cm³/mol. The number of hydrogen-bond acceptors (Lipinski definition) is 5. The molecule has 9 heteroatoms. The zero-order valence-corrected chi connectivity index (χ0v) is 19.9. The monoisotopic (exact) mass is 479 g/mol. The number of nitrogens with zero attached hydrogens (tertiary/aromatic N) is 2. The van der Waals surface area contributed by atoms with Gasteiger partial charge in [0.1, 0.15) is 22.9 Å². The highest BCUT2D eigenvalue weighted by Gasteiger charge is 2.28. The Morgan fingerprint density at radius 2 is 2.00 bits per heavy atom. The maximum absolute atomic E-state index is 13.5. The fourth-order valence-electron chi connectivity index (χ4n) is 4.45. The van der Waals surface area contributed by atoms with E-state index >= 15 is 0 Å². The highest BCUT2D eigenvalue weighted by Crippen LogP contribution is 2.33. The molecule has 1 saturated heterocycles.